The summed E-state index contributed by atoms with van der Waals surface area (Å²) in [6.45, 7) is 0. The van der Waals surface area contributed by atoms with E-state index in [0.29, 0.717) is 11.1 Å². The number of aromatic nitrogens is 2. The molecular formula is C44H26N4. The molecule has 2 heterocycles. The molecule has 0 unspecified atom stereocenters. The Morgan fingerprint density at radius 1 is 0.333 bits per heavy atom. The number of nitrogens with zero attached hydrogens (tertiary/aromatic N) is 4. The van der Waals surface area contributed by atoms with Crippen molar-refractivity contribution < 1.29 is 0 Å². The average Bonchev–Trinajstić information content (AvgIpc) is 3.67. The fraction of sp³-hybridized carbons (Fsp3) is 0. The molecule has 9 aromatic rings. The van der Waals surface area contributed by atoms with Crippen LogP contribution in [0.1, 0.15) is 11.1 Å². The summed E-state index contributed by atoms with van der Waals surface area (Å²) >= 11 is 0. The summed E-state index contributed by atoms with van der Waals surface area (Å²) < 4.78 is 4.72. The molecule has 0 spiro atoms. The summed E-state index contributed by atoms with van der Waals surface area (Å²) in [6, 6.07) is 59.0. The maximum absolute atomic E-state index is 9.71. The van der Waals surface area contributed by atoms with Crippen molar-refractivity contribution in [2.24, 2.45) is 0 Å². The Kier molecular flexibility index (Phi) is 6.22. The molecule has 0 saturated heterocycles. The molecule has 4 heteroatoms. The Balaban J connectivity index is 1.49. The van der Waals surface area contributed by atoms with Crippen LogP contribution in [0.25, 0.3) is 77.2 Å². The molecule has 0 aliphatic heterocycles. The number of rotatable bonds is 4. The quantitative estimate of drug-likeness (QED) is 0.199. The number of fused-ring (bicyclic) bond motifs is 6. The van der Waals surface area contributed by atoms with Crippen molar-refractivity contribution in [3.8, 4) is 45.8 Å². The van der Waals surface area contributed by atoms with Crippen LogP contribution in [-0.4, -0.2) is 9.13 Å². The summed E-state index contributed by atoms with van der Waals surface area (Å²) in [6.07, 6.45) is 0. The summed E-state index contributed by atoms with van der Waals surface area (Å²) in [5.41, 5.74) is 11.8. The minimum Gasteiger partial charge on any atom is -0.309 e. The first-order valence-corrected chi connectivity index (χ1v) is 15.9. The van der Waals surface area contributed by atoms with Gasteiger partial charge in [-0.3, -0.25) is 0 Å². The van der Waals surface area contributed by atoms with Crippen molar-refractivity contribution in [2.75, 3.05) is 0 Å². The van der Waals surface area contributed by atoms with Gasteiger partial charge in [0.1, 0.15) is 0 Å². The van der Waals surface area contributed by atoms with Crippen LogP contribution in [0.15, 0.2) is 158 Å². The molecule has 2 aromatic heterocycles. The fourth-order valence-electron chi connectivity index (χ4n) is 7.32. The molecule has 9 rings (SSSR count). The first-order chi connectivity index (χ1) is 23.7. The lowest BCUT2D eigenvalue weighted by atomic mass is 9.90. The molecule has 0 N–H and O–H groups in total. The largest absolute Gasteiger partial charge is 0.309 e. The van der Waals surface area contributed by atoms with Crippen molar-refractivity contribution in [2.45, 2.75) is 0 Å². The molecule has 0 atom stereocenters. The van der Waals surface area contributed by atoms with E-state index in [1.807, 2.05) is 48.5 Å². The van der Waals surface area contributed by atoms with Crippen molar-refractivity contribution in [3.05, 3.63) is 169 Å². The van der Waals surface area contributed by atoms with E-state index in [2.05, 4.69) is 130 Å². The van der Waals surface area contributed by atoms with Crippen LogP contribution in [-0.2, 0) is 0 Å². The maximum Gasteiger partial charge on any atom is 0.0991 e. The average molecular weight is 611 g/mol. The van der Waals surface area contributed by atoms with E-state index in [1.165, 1.54) is 21.5 Å². The third-order valence-corrected chi connectivity index (χ3v) is 9.41. The Hall–Kier alpha value is -6.88. The predicted octanol–water partition coefficient (Wildman–Crippen LogP) is 11.0. The van der Waals surface area contributed by atoms with Gasteiger partial charge >= 0.3 is 0 Å². The predicted molar refractivity (Wildman–Crippen MR) is 195 cm³/mol. The number of benzene rings is 7. The third-order valence-electron chi connectivity index (χ3n) is 9.41. The molecule has 0 aliphatic rings. The van der Waals surface area contributed by atoms with Gasteiger partial charge in [0.2, 0.25) is 0 Å². The monoisotopic (exact) mass is 610 g/mol. The molecule has 0 aliphatic carbocycles. The first-order valence-electron chi connectivity index (χ1n) is 15.9. The van der Waals surface area contributed by atoms with Gasteiger partial charge in [-0.2, -0.15) is 10.5 Å². The highest BCUT2D eigenvalue weighted by atomic mass is 15.0. The van der Waals surface area contributed by atoms with Gasteiger partial charge in [-0.05, 0) is 71.8 Å². The zero-order chi connectivity index (χ0) is 32.2. The van der Waals surface area contributed by atoms with E-state index in [0.717, 1.165) is 55.7 Å². The zero-order valence-corrected chi connectivity index (χ0v) is 25.8. The van der Waals surface area contributed by atoms with Crippen molar-refractivity contribution in [3.63, 3.8) is 0 Å². The van der Waals surface area contributed by atoms with Crippen LogP contribution in [0.2, 0.25) is 0 Å². The van der Waals surface area contributed by atoms with Crippen LogP contribution in [0, 0.1) is 22.7 Å². The molecule has 0 amide bonds. The normalized spacial score (nSPS) is 11.3. The van der Waals surface area contributed by atoms with Gasteiger partial charge in [-0.1, -0.05) is 97.1 Å². The lowest BCUT2D eigenvalue weighted by Gasteiger charge is -2.23. The smallest absolute Gasteiger partial charge is 0.0991 e. The molecule has 48 heavy (non-hydrogen) atoms. The molecule has 0 fully saturated rings. The van der Waals surface area contributed by atoms with E-state index in [9.17, 15) is 10.5 Å². The lowest BCUT2D eigenvalue weighted by molar-refractivity contribution is 1.15. The van der Waals surface area contributed by atoms with Gasteiger partial charge in [0.05, 0.1) is 56.7 Å². The van der Waals surface area contributed by atoms with Crippen LogP contribution in [0.5, 0.6) is 0 Å². The number of nitriles is 2. The minimum atomic E-state index is 0.607. The van der Waals surface area contributed by atoms with E-state index in [1.54, 1.807) is 0 Å². The molecule has 0 saturated carbocycles. The SMILES string of the molecule is N#Cc1ccc(-c2c(-n3c4ccccc4c4ccccc43)ccc(-n3c4ccccc4c4ccccc43)c2-c2ccc(C#N)cc2)cc1. The van der Waals surface area contributed by atoms with E-state index >= 15 is 0 Å². The summed E-state index contributed by atoms with van der Waals surface area (Å²) in [5.74, 6) is 0. The number of hydrogen-bond acceptors (Lipinski definition) is 2. The molecule has 4 nitrogen and oxygen atoms in total. The Labute approximate surface area is 277 Å². The summed E-state index contributed by atoms with van der Waals surface area (Å²) in [5, 5.41) is 24.2. The highest BCUT2D eigenvalue weighted by Crippen LogP contribution is 2.46. The molecular weight excluding hydrogens is 585 g/mol. The second-order valence-corrected chi connectivity index (χ2v) is 12.0. The molecule has 0 bridgehead atoms. The second kappa shape index (κ2) is 10.9. The topological polar surface area (TPSA) is 57.4 Å². The number of para-hydroxylation sites is 4. The van der Waals surface area contributed by atoms with E-state index < -0.39 is 0 Å². The molecule has 222 valence electrons. The maximum atomic E-state index is 9.71. The zero-order valence-electron chi connectivity index (χ0n) is 25.8. The summed E-state index contributed by atoms with van der Waals surface area (Å²) in [7, 11) is 0. The van der Waals surface area contributed by atoms with Gasteiger partial charge in [-0.25, -0.2) is 0 Å². The Morgan fingerprint density at radius 2 is 0.625 bits per heavy atom. The standard InChI is InChI=1S/C44H26N4/c45-27-29-17-21-31(22-18-29)43-41(47-37-13-5-1-9-33(37)34-10-2-6-14-38(34)47)25-26-42(44(43)32-23-19-30(28-46)20-24-32)48-39-15-7-3-11-35(39)36-12-4-8-16-40(36)48/h1-26H. The van der Waals surface area contributed by atoms with Crippen LogP contribution in [0.3, 0.4) is 0 Å². The van der Waals surface area contributed by atoms with Crippen molar-refractivity contribution in [1.29, 1.82) is 10.5 Å². The highest BCUT2D eigenvalue weighted by molar-refractivity contribution is 6.12. The third kappa shape index (κ3) is 4.07. The van der Waals surface area contributed by atoms with Gasteiger partial charge in [-0.15, -0.1) is 0 Å². The van der Waals surface area contributed by atoms with Gasteiger partial charge < -0.3 is 9.13 Å². The van der Waals surface area contributed by atoms with Gasteiger partial charge in [0.15, 0.2) is 0 Å². The van der Waals surface area contributed by atoms with Crippen molar-refractivity contribution >= 4 is 43.6 Å². The van der Waals surface area contributed by atoms with E-state index in [4.69, 9.17) is 0 Å². The first kappa shape index (κ1) is 27.4. The Bertz CT molecular complexity index is 2480. The minimum absolute atomic E-state index is 0.607. The number of hydrogen-bond donors (Lipinski definition) is 0. The lowest BCUT2D eigenvalue weighted by Crippen LogP contribution is -2.04. The van der Waals surface area contributed by atoms with Crippen LogP contribution >= 0.6 is 0 Å². The van der Waals surface area contributed by atoms with Gasteiger partial charge in [0, 0.05) is 32.7 Å². The summed E-state index contributed by atoms with van der Waals surface area (Å²) in [4.78, 5) is 0. The molecule has 0 radical (unpaired) electrons. The highest BCUT2D eigenvalue weighted by Gasteiger charge is 2.24. The van der Waals surface area contributed by atoms with Crippen LogP contribution in [0.4, 0.5) is 0 Å². The van der Waals surface area contributed by atoms with Crippen molar-refractivity contribution in [1.82, 2.24) is 9.13 Å². The van der Waals surface area contributed by atoms with Crippen LogP contribution < -0.4 is 0 Å². The van der Waals surface area contributed by atoms with Gasteiger partial charge in [0.25, 0.3) is 0 Å². The molecule has 7 aromatic carbocycles. The fourth-order valence-corrected chi connectivity index (χ4v) is 7.32. The second-order valence-electron chi connectivity index (χ2n) is 12.0. The Morgan fingerprint density at radius 3 is 0.917 bits per heavy atom. The van der Waals surface area contributed by atoms with E-state index in [-0.39, 0.29) is 0 Å².